The molecule has 0 saturated heterocycles. The van der Waals surface area contributed by atoms with Gasteiger partial charge < -0.3 is 0 Å². The van der Waals surface area contributed by atoms with Gasteiger partial charge in [0.1, 0.15) is 11.7 Å². The van der Waals surface area contributed by atoms with Crippen molar-refractivity contribution < 1.29 is 4.57 Å². The minimum absolute atomic E-state index is 1.11. The summed E-state index contributed by atoms with van der Waals surface area (Å²) in [5.74, 6) is 0. The van der Waals surface area contributed by atoms with Gasteiger partial charge in [0.25, 0.3) is 0 Å². The Morgan fingerprint density at radius 2 is 1.61 bits per heavy atom. The molecule has 0 aliphatic carbocycles. The molecule has 0 fully saturated rings. The maximum absolute atomic E-state index is 2.32. The highest BCUT2D eigenvalue weighted by Gasteiger charge is 2.15. The molecule has 0 atom stereocenters. The Morgan fingerprint density at radius 3 is 2.39 bits per heavy atom. The van der Waals surface area contributed by atoms with Gasteiger partial charge in [-0.05, 0) is 18.1 Å². The molecule has 0 saturated carbocycles. The molecular weight excluding hydrogens is 238 g/mol. The van der Waals surface area contributed by atoms with Crippen LogP contribution in [0.25, 0.3) is 10.2 Å². The third-order valence-electron chi connectivity index (χ3n) is 3.30. The zero-order chi connectivity index (χ0) is 12.4. The van der Waals surface area contributed by atoms with Crippen LogP contribution in [0.4, 0.5) is 0 Å². The van der Waals surface area contributed by atoms with E-state index in [-0.39, 0.29) is 0 Å². The van der Waals surface area contributed by atoms with Crippen LogP contribution in [-0.4, -0.2) is 0 Å². The van der Waals surface area contributed by atoms with E-state index in [0.717, 1.165) is 12.8 Å². The molecule has 0 unspecified atom stereocenters. The fraction of sp³-hybridized carbons (Fsp3) is 0.188. The number of rotatable bonds is 3. The highest BCUT2D eigenvalue weighted by molar-refractivity contribution is 7.18. The number of nitrogens with zero attached hydrogens (tertiary/aromatic N) is 1. The van der Waals surface area contributed by atoms with Crippen LogP contribution in [0, 0.1) is 0 Å². The average molecular weight is 254 g/mol. The summed E-state index contributed by atoms with van der Waals surface area (Å²) in [5, 5.41) is 1.44. The van der Waals surface area contributed by atoms with Gasteiger partial charge in [-0.15, -0.1) is 0 Å². The van der Waals surface area contributed by atoms with Crippen LogP contribution in [0.2, 0.25) is 0 Å². The molecule has 1 aromatic heterocycles. The number of hydrogen-bond donors (Lipinski definition) is 0. The molecule has 0 N–H and O–H groups in total. The Kier molecular flexibility index (Phi) is 3.11. The van der Waals surface area contributed by atoms with Crippen LogP contribution in [0.1, 0.15) is 10.6 Å². The summed E-state index contributed by atoms with van der Waals surface area (Å²) in [4.78, 5) is 0. The van der Waals surface area contributed by atoms with Crippen LogP contribution in [0.15, 0.2) is 54.6 Å². The first-order chi connectivity index (χ1) is 8.84. The van der Waals surface area contributed by atoms with Gasteiger partial charge in [-0.3, -0.25) is 0 Å². The smallest absolute Gasteiger partial charge is 0.189 e. The molecule has 0 aliphatic rings. The van der Waals surface area contributed by atoms with Crippen molar-refractivity contribution in [3.8, 4) is 0 Å². The monoisotopic (exact) mass is 254 g/mol. The van der Waals surface area contributed by atoms with E-state index in [0.29, 0.717) is 0 Å². The van der Waals surface area contributed by atoms with Gasteiger partial charge in [0.15, 0.2) is 0 Å². The van der Waals surface area contributed by atoms with Crippen LogP contribution in [0.3, 0.4) is 0 Å². The lowest BCUT2D eigenvalue weighted by atomic mass is 10.1. The number of fused-ring (bicyclic) bond motifs is 1. The second-order valence-corrected chi connectivity index (χ2v) is 5.62. The fourth-order valence-corrected chi connectivity index (χ4v) is 3.41. The number of hydrogen-bond acceptors (Lipinski definition) is 1. The Labute approximate surface area is 111 Å². The maximum Gasteiger partial charge on any atom is 0.238 e. The highest BCUT2D eigenvalue weighted by Crippen LogP contribution is 2.20. The van der Waals surface area contributed by atoms with E-state index >= 15 is 0 Å². The number of aryl methyl sites for hydroxylation is 3. The van der Waals surface area contributed by atoms with E-state index in [9.17, 15) is 0 Å². The van der Waals surface area contributed by atoms with Gasteiger partial charge in [-0.25, -0.2) is 0 Å². The normalized spacial score (nSPS) is 10.9. The van der Waals surface area contributed by atoms with Crippen molar-refractivity contribution in [1.29, 1.82) is 0 Å². The van der Waals surface area contributed by atoms with Gasteiger partial charge in [-0.1, -0.05) is 53.8 Å². The molecule has 2 heteroatoms. The Morgan fingerprint density at radius 1 is 0.889 bits per heavy atom. The van der Waals surface area contributed by atoms with E-state index < -0.39 is 0 Å². The summed E-state index contributed by atoms with van der Waals surface area (Å²) in [7, 11) is 2.17. The minimum atomic E-state index is 1.11. The van der Waals surface area contributed by atoms with E-state index in [1.807, 2.05) is 11.3 Å². The lowest BCUT2D eigenvalue weighted by Crippen LogP contribution is -2.30. The Balaban J connectivity index is 1.85. The number of thiazole rings is 1. The van der Waals surface area contributed by atoms with Crippen molar-refractivity contribution in [2.45, 2.75) is 12.8 Å². The lowest BCUT2D eigenvalue weighted by molar-refractivity contribution is -0.648. The molecule has 3 rings (SSSR count). The largest absolute Gasteiger partial charge is 0.238 e. The Bertz CT molecular complexity index is 655. The molecule has 1 heterocycles. The van der Waals surface area contributed by atoms with E-state index in [4.69, 9.17) is 0 Å². The summed E-state index contributed by atoms with van der Waals surface area (Å²) < 4.78 is 3.70. The van der Waals surface area contributed by atoms with Crippen molar-refractivity contribution in [2.24, 2.45) is 7.05 Å². The van der Waals surface area contributed by atoms with Crippen molar-refractivity contribution in [3.05, 3.63) is 65.2 Å². The molecule has 0 radical (unpaired) electrons. The number of para-hydroxylation sites is 1. The standard InChI is InChI=1S/C16H16NS/c1-17-14-9-5-6-10-15(14)18-16(17)12-11-13-7-3-2-4-8-13/h2-10H,11-12H2,1H3/q+1. The second kappa shape index (κ2) is 4.91. The van der Waals surface area contributed by atoms with E-state index in [1.165, 1.54) is 20.8 Å². The van der Waals surface area contributed by atoms with E-state index in [1.54, 1.807) is 0 Å². The molecule has 90 valence electrons. The quantitative estimate of drug-likeness (QED) is 0.630. The second-order valence-electron chi connectivity index (χ2n) is 4.51. The van der Waals surface area contributed by atoms with E-state index in [2.05, 4.69) is 66.2 Å². The van der Waals surface area contributed by atoms with Crippen molar-refractivity contribution in [2.75, 3.05) is 0 Å². The first-order valence-corrected chi connectivity index (χ1v) is 7.06. The third-order valence-corrected chi connectivity index (χ3v) is 4.58. The average Bonchev–Trinajstić information content (AvgIpc) is 2.75. The maximum atomic E-state index is 2.32. The summed E-state index contributed by atoms with van der Waals surface area (Å²) >= 11 is 1.91. The summed E-state index contributed by atoms with van der Waals surface area (Å²) in [6, 6.07) is 19.3. The van der Waals surface area contributed by atoms with Crippen molar-refractivity contribution >= 4 is 21.6 Å². The first kappa shape index (κ1) is 11.4. The SMILES string of the molecule is C[n+]1c(CCc2ccccc2)sc2ccccc21. The molecule has 0 aliphatic heterocycles. The summed E-state index contributed by atoms with van der Waals surface area (Å²) in [6.07, 6.45) is 2.22. The molecular formula is C16H16NS+. The molecule has 0 amide bonds. The van der Waals surface area contributed by atoms with Gasteiger partial charge in [0.05, 0.1) is 0 Å². The van der Waals surface area contributed by atoms with Crippen LogP contribution < -0.4 is 4.57 Å². The zero-order valence-corrected chi connectivity index (χ0v) is 11.3. The van der Waals surface area contributed by atoms with Gasteiger partial charge in [0, 0.05) is 12.5 Å². The predicted molar refractivity (Wildman–Crippen MR) is 76.9 cm³/mol. The summed E-state index contributed by atoms with van der Waals surface area (Å²) in [6.45, 7) is 0. The molecule has 1 nitrogen and oxygen atoms in total. The highest BCUT2D eigenvalue weighted by atomic mass is 32.1. The van der Waals surface area contributed by atoms with Gasteiger partial charge in [-0.2, -0.15) is 4.57 Å². The molecule has 0 spiro atoms. The fourth-order valence-electron chi connectivity index (χ4n) is 2.26. The van der Waals surface area contributed by atoms with Crippen molar-refractivity contribution in [3.63, 3.8) is 0 Å². The van der Waals surface area contributed by atoms with Crippen LogP contribution >= 0.6 is 11.3 Å². The lowest BCUT2D eigenvalue weighted by Gasteiger charge is -1.97. The molecule has 0 bridgehead atoms. The topological polar surface area (TPSA) is 3.88 Å². The minimum Gasteiger partial charge on any atom is -0.189 e. The predicted octanol–water partition coefficient (Wildman–Crippen LogP) is 3.51. The zero-order valence-electron chi connectivity index (χ0n) is 10.5. The molecule has 2 aromatic carbocycles. The van der Waals surface area contributed by atoms with Crippen LogP contribution in [-0.2, 0) is 19.9 Å². The Hall–Kier alpha value is -1.67. The number of aromatic nitrogens is 1. The molecule has 18 heavy (non-hydrogen) atoms. The number of benzene rings is 2. The van der Waals surface area contributed by atoms with Crippen molar-refractivity contribution in [1.82, 2.24) is 0 Å². The first-order valence-electron chi connectivity index (χ1n) is 6.25. The van der Waals surface area contributed by atoms with Crippen LogP contribution in [0.5, 0.6) is 0 Å². The van der Waals surface area contributed by atoms with Gasteiger partial charge >= 0.3 is 0 Å². The summed E-state index contributed by atoms with van der Waals surface area (Å²) in [5.41, 5.74) is 2.75. The van der Waals surface area contributed by atoms with Gasteiger partial charge in [0.2, 0.25) is 10.5 Å². The molecule has 3 aromatic rings. The third kappa shape index (κ3) is 2.16.